The maximum Gasteiger partial charge on any atom is 0.254 e. The zero-order valence-electron chi connectivity index (χ0n) is 19.0. The van der Waals surface area contributed by atoms with Crippen LogP contribution in [-0.2, 0) is 14.8 Å². The molecule has 0 bridgehead atoms. The maximum atomic E-state index is 13.2. The molecule has 1 N–H and O–H groups in total. The summed E-state index contributed by atoms with van der Waals surface area (Å²) in [6.45, 7) is 7.62. The molecule has 2 saturated heterocycles. The predicted octanol–water partition coefficient (Wildman–Crippen LogP) is 3.38. The lowest BCUT2D eigenvalue weighted by Crippen LogP contribution is -2.49. The molecule has 1 atom stereocenters. The lowest BCUT2D eigenvalue weighted by molar-refractivity contribution is 0.0746. The molecule has 2 aliphatic rings. The Labute approximate surface area is 200 Å². The largest absolute Gasteiger partial charge is 0.377 e. The number of benzene rings is 2. The number of sulfonamides is 1. The number of nitrogens with zero attached hydrogens (tertiary/aromatic N) is 2. The van der Waals surface area contributed by atoms with Crippen molar-refractivity contribution in [3.05, 3.63) is 58.1 Å². The SMILES string of the molecule is Cc1cccc(N2CCN(C(=O)c3ccc(Cl)c(S(=O)(=O)NCC4CCCO4)c3)CC2)c1C. The molecule has 2 aliphatic heterocycles. The highest BCUT2D eigenvalue weighted by molar-refractivity contribution is 7.89. The van der Waals surface area contributed by atoms with Crippen LogP contribution in [0.15, 0.2) is 41.3 Å². The Balaban J connectivity index is 1.44. The summed E-state index contributed by atoms with van der Waals surface area (Å²) >= 11 is 6.20. The van der Waals surface area contributed by atoms with Gasteiger partial charge in [0.15, 0.2) is 0 Å². The van der Waals surface area contributed by atoms with Gasteiger partial charge < -0.3 is 14.5 Å². The van der Waals surface area contributed by atoms with E-state index >= 15 is 0 Å². The Morgan fingerprint density at radius 2 is 1.91 bits per heavy atom. The third-order valence-electron chi connectivity index (χ3n) is 6.48. The number of carbonyl (C=O) groups is 1. The molecule has 4 rings (SSSR count). The maximum absolute atomic E-state index is 13.2. The first kappa shape index (κ1) is 24.0. The summed E-state index contributed by atoms with van der Waals surface area (Å²) < 4.78 is 33.7. The van der Waals surface area contributed by atoms with Gasteiger partial charge in [-0.25, -0.2) is 13.1 Å². The summed E-state index contributed by atoms with van der Waals surface area (Å²) in [6.07, 6.45) is 1.62. The van der Waals surface area contributed by atoms with Gasteiger partial charge in [-0.1, -0.05) is 23.7 Å². The van der Waals surface area contributed by atoms with Crippen LogP contribution in [0.25, 0.3) is 0 Å². The van der Waals surface area contributed by atoms with Crippen LogP contribution in [-0.4, -0.2) is 64.7 Å². The molecule has 0 spiro atoms. The van der Waals surface area contributed by atoms with Gasteiger partial charge in [-0.3, -0.25) is 4.79 Å². The van der Waals surface area contributed by atoms with Crippen molar-refractivity contribution in [1.82, 2.24) is 9.62 Å². The van der Waals surface area contributed by atoms with Crippen molar-refractivity contribution >= 4 is 33.2 Å². The molecule has 178 valence electrons. The molecule has 2 heterocycles. The monoisotopic (exact) mass is 491 g/mol. The zero-order chi connectivity index (χ0) is 23.6. The van der Waals surface area contributed by atoms with Crippen LogP contribution < -0.4 is 9.62 Å². The van der Waals surface area contributed by atoms with Gasteiger partial charge in [-0.15, -0.1) is 0 Å². The van der Waals surface area contributed by atoms with E-state index in [0.717, 1.165) is 25.9 Å². The first-order chi connectivity index (χ1) is 15.8. The van der Waals surface area contributed by atoms with Gasteiger partial charge in [0.1, 0.15) is 4.90 Å². The van der Waals surface area contributed by atoms with Crippen LogP contribution in [0.1, 0.15) is 34.3 Å². The summed E-state index contributed by atoms with van der Waals surface area (Å²) in [4.78, 5) is 17.1. The number of rotatable bonds is 6. The molecule has 0 aromatic heterocycles. The highest BCUT2D eigenvalue weighted by Crippen LogP contribution is 2.26. The molecule has 33 heavy (non-hydrogen) atoms. The molecule has 2 fully saturated rings. The fraction of sp³-hybridized carbons (Fsp3) is 0.458. The van der Waals surface area contributed by atoms with Crippen molar-refractivity contribution in [3.63, 3.8) is 0 Å². The number of piperazine rings is 1. The quantitative estimate of drug-likeness (QED) is 0.670. The smallest absolute Gasteiger partial charge is 0.254 e. The van der Waals surface area contributed by atoms with Crippen molar-refractivity contribution < 1.29 is 17.9 Å². The normalized spacial score (nSPS) is 19.2. The fourth-order valence-corrected chi connectivity index (χ4v) is 5.93. The van der Waals surface area contributed by atoms with Gasteiger partial charge in [0, 0.05) is 50.6 Å². The molecular weight excluding hydrogens is 462 g/mol. The summed E-state index contributed by atoms with van der Waals surface area (Å²) in [5.74, 6) is -0.192. The fourth-order valence-electron chi connectivity index (χ4n) is 4.34. The number of aryl methyl sites for hydroxylation is 1. The van der Waals surface area contributed by atoms with E-state index in [-0.39, 0.29) is 28.5 Å². The predicted molar refractivity (Wildman–Crippen MR) is 130 cm³/mol. The first-order valence-electron chi connectivity index (χ1n) is 11.3. The lowest BCUT2D eigenvalue weighted by Gasteiger charge is -2.37. The molecule has 2 aromatic rings. The molecule has 0 aliphatic carbocycles. The van der Waals surface area contributed by atoms with Crippen LogP contribution in [0.3, 0.4) is 0 Å². The Kier molecular flexibility index (Phi) is 7.28. The van der Waals surface area contributed by atoms with E-state index in [0.29, 0.717) is 25.3 Å². The van der Waals surface area contributed by atoms with E-state index in [9.17, 15) is 13.2 Å². The van der Waals surface area contributed by atoms with Crippen molar-refractivity contribution in [1.29, 1.82) is 0 Å². The van der Waals surface area contributed by atoms with Crippen molar-refractivity contribution in [2.24, 2.45) is 0 Å². The molecule has 2 aromatic carbocycles. The molecule has 0 radical (unpaired) electrons. The van der Waals surface area contributed by atoms with Gasteiger partial charge in [0.2, 0.25) is 10.0 Å². The Morgan fingerprint density at radius 1 is 1.15 bits per heavy atom. The number of hydrogen-bond acceptors (Lipinski definition) is 5. The standard InChI is InChI=1S/C24H30ClN3O4S/c1-17-5-3-7-22(18(17)2)27-10-12-28(13-11-27)24(29)19-8-9-21(25)23(15-19)33(30,31)26-16-20-6-4-14-32-20/h3,5,7-9,15,20,26H,4,6,10-14,16H2,1-2H3. The second-order valence-electron chi connectivity index (χ2n) is 8.63. The Morgan fingerprint density at radius 3 is 2.61 bits per heavy atom. The minimum Gasteiger partial charge on any atom is -0.377 e. The lowest BCUT2D eigenvalue weighted by atomic mass is 10.1. The topological polar surface area (TPSA) is 79.0 Å². The van der Waals surface area contributed by atoms with Crippen molar-refractivity contribution in [2.75, 3.05) is 44.2 Å². The average molecular weight is 492 g/mol. The second-order valence-corrected chi connectivity index (χ2v) is 10.8. The molecule has 0 saturated carbocycles. The van der Waals surface area contributed by atoms with E-state index in [4.69, 9.17) is 16.3 Å². The van der Waals surface area contributed by atoms with Gasteiger partial charge in [-0.2, -0.15) is 0 Å². The summed E-state index contributed by atoms with van der Waals surface area (Å²) in [5, 5.41) is 0.0890. The highest BCUT2D eigenvalue weighted by Gasteiger charge is 2.27. The third-order valence-corrected chi connectivity index (χ3v) is 8.38. The van der Waals surface area contributed by atoms with Crippen LogP contribution in [0.5, 0.6) is 0 Å². The Hall–Kier alpha value is -2.13. The third kappa shape index (κ3) is 5.35. The van der Waals surface area contributed by atoms with E-state index in [2.05, 4.69) is 41.7 Å². The van der Waals surface area contributed by atoms with Crippen molar-refractivity contribution in [3.8, 4) is 0 Å². The molecule has 1 amide bonds. The van der Waals surface area contributed by atoms with Gasteiger partial charge in [-0.05, 0) is 62.1 Å². The summed E-state index contributed by atoms with van der Waals surface area (Å²) in [6, 6.07) is 10.7. The van der Waals surface area contributed by atoms with Crippen molar-refractivity contribution in [2.45, 2.75) is 37.7 Å². The molecular formula is C24H30ClN3O4S. The first-order valence-corrected chi connectivity index (χ1v) is 13.1. The van der Waals surface area contributed by atoms with Gasteiger partial charge in [0.25, 0.3) is 5.91 Å². The number of carbonyl (C=O) groups excluding carboxylic acids is 1. The summed E-state index contributed by atoms with van der Waals surface area (Å²) in [7, 11) is -3.86. The minimum atomic E-state index is -3.86. The second kappa shape index (κ2) is 10.0. The Bertz CT molecular complexity index is 1120. The van der Waals surface area contributed by atoms with E-state index in [1.807, 2.05) is 0 Å². The van der Waals surface area contributed by atoms with Gasteiger partial charge in [0.05, 0.1) is 11.1 Å². The summed E-state index contributed by atoms with van der Waals surface area (Å²) in [5.41, 5.74) is 4.01. The van der Waals surface area contributed by atoms with Crippen LogP contribution >= 0.6 is 11.6 Å². The molecule has 1 unspecified atom stereocenters. The minimum absolute atomic E-state index is 0.0814. The van der Waals surface area contributed by atoms with E-state index < -0.39 is 10.0 Å². The van der Waals surface area contributed by atoms with Crippen LogP contribution in [0.2, 0.25) is 5.02 Å². The molecule has 9 heteroatoms. The zero-order valence-corrected chi connectivity index (χ0v) is 20.6. The average Bonchev–Trinajstić information content (AvgIpc) is 3.33. The number of hydrogen-bond donors (Lipinski definition) is 1. The highest BCUT2D eigenvalue weighted by atomic mass is 35.5. The number of halogens is 1. The number of amides is 1. The van der Waals surface area contributed by atoms with E-state index in [1.54, 1.807) is 11.0 Å². The van der Waals surface area contributed by atoms with Crippen LogP contribution in [0, 0.1) is 13.8 Å². The number of ether oxygens (including phenoxy) is 1. The van der Waals surface area contributed by atoms with Gasteiger partial charge >= 0.3 is 0 Å². The van der Waals surface area contributed by atoms with Crippen LogP contribution in [0.4, 0.5) is 5.69 Å². The van der Waals surface area contributed by atoms with E-state index in [1.165, 1.54) is 28.9 Å². The number of nitrogens with one attached hydrogen (secondary N) is 1. The molecule has 7 nitrogen and oxygen atoms in total. The number of anilines is 1.